The number of aromatic hydroxyl groups is 1. The highest BCUT2D eigenvalue weighted by molar-refractivity contribution is 5.80. The predicted molar refractivity (Wildman–Crippen MR) is 58.5 cm³/mol. The van der Waals surface area contributed by atoms with E-state index in [4.69, 9.17) is 4.74 Å². The maximum Gasteiger partial charge on any atom is 0.153 e. The fourth-order valence-corrected chi connectivity index (χ4v) is 1.10. The van der Waals surface area contributed by atoms with E-state index in [9.17, 15) is 9.90 Å². The van der Waals surface area contributed by atoms with Crippen molar-refractivity contribution in [3.8, 4) is 5.75 Å². The van der Waals surface area contributed by atoms with Gasteiger partial charge in [0.2, 0.25) is 0 Å². The molecule has 0 amide bonds. The molecule has 0 aliphatic heterocycles. The smallest absolute Gasteiger partial charge is 0.153 e. The first-order valence-electron chi connectivity index (χ1n) is 4.72. The highest BCUT2D eigenvalue weighted by atomic mass is 16.5. The number of nitrogens with one attached hydrogen (secondary N) is 1. The standard InChI is InChI=1S/C11H15NO3/c1-8(15-2)6-12-10-4-3-9(7-13)11(14)5-10/h3-5,7-8,12,14H,6H2,1-2H3. The van der Waals surface area contributed by atoms with E-state index in [1.165, 1.54) is 6.07 Å². The Hall–Kier alpha value is -1.55. The van der Waals surface area contributed by atoms with Crippen molar-refractivity contribution < 1.29 is 14.6 Å². The molecule has 4 heteroatoms. The van der Waals surface area contributed by atoms with Gasteiger partial charge in [0.15, 0.2) is 6.29 Å². The van der Waals surface area contributed by atoms with Gasteiger partial charge in [0.05, 0.1) is 11.7 Å². The Labute approximate surface area is 88.9 Å². The van der Waals surface area contributed by atoms with Gasteiger partial charge in [-0.05, 0) is 19.1 Å². The average molecular weight is 209 g/mol. The van der Waals surface area contributed by atoms with Crippen LogP contribution in [-0.4, -0.2) is 31.2 Å². The minimum atomic E-state index is -0.0138. The van der Waals surface area contributed by atoms with Gasteiger partial charge in [-0.3, -0.25) is 4.79 Å². The third-order valence-electron chi connectivity index (χ3n) is 2.15. The Morgan fingerprint density at radius 1 is 1.60 bits per heavy atom. The number of anilines is 1. The van der Waals surface area contributed by atoms with Crippen LogP contribution >= 0.6 is 0 Å². The van der Waals surface area contributed by atoms with Crippen molar-refractivity contribution in [3.05, 3.63) is 23.8 Å². The molecule has 0 saturated carbocycles. The lowest BCUT2D eigenvalue weighted by Gasteiger charge is -2.12. The van der Waals surface area contributed by atoms with Crippen LogP contribution in [0.2, 0.25) is 0 Å². The molecule has 0 aliphatic rings. The Morgan fingerprint density at radius 3 is 2.87 bits per heavy atom. The lowest BCUT2D eigenvalue weighted by Crippen LogP contribution is -2.17. The number of hydrogen-bond donors (Lipinski definition) is 2. The largest absolute Gasteiger partial charge is 0.507 e. The van der Waals surface area contributed by atoms with E-state index >= 15 is 0 Å². The van der Waals surface area contributed by atoms with Crippen LogP contribution in [0.4, 0.5) is 5.69 Å². The van der Waals surface area contributed by atoms with Crippen LogP contribution in [0.3, 0.4) is 0 Å². The number of carbonyl (C=O) groups is 1. The Bertz CT molecular complexity index is 339. The van der Waals surface area contributed by atoms with Crippen molar-refractivity contribution in [2.45, 2.75) is 13.0 Å². The van der Waals surface area contributed by atoms with Crippen LogP contribution in [0.15, 0.2) is 18.2 Å². The molecule has 0 heterocycles. The monoisotopic (exact) mass is 209 g/mol. The zero-order valence-electron chi connectivity index (χ0n) is 8.86. The van der Waals surface area contributed by atoms with Crippen molar-refractivity contribution >= 4 is 12.0 Å². The lowest BCUT2D eigenvalue weighted by atomic mass is 10.2. The molecule has 1 aromatic carbocycles. The topological polar surface area (TPSA) is 58.6 Å². The number of phenolic OH excluding ortho intramolecular Hbond substituents is 1. The SMILES string of the molecule is COC(C)CNc1ccc(C=O)c(O)c1. The summed E-state index contributed by atoms with van der Waals surface area (Å²) >= 11 is 0. The molecule has 0 aromatic heterocycles. The average Bonchev–Trinajstić information content (AvgIpc) is 2.26. The van der Waals surface area contributed by atoms with E-state index in [1.807, 2.05) is 6.92 Å². The third kappa shape index (κ3) is 3.25. The summed E-state index contributed by atoms with van der Waals surface area (Å²) < 4.78 is 5.07. The molecule has 1 rings (SSSR count). The summed E-state index contributed by atoms with van der Waals surface area (Å²) in [6, 6.07) is 4.83. The molecule has 0 aliphatic carbocycles. The van der Waals surface area contributed by atoms with Gasteiger partial charge in [-0.1, -0.05) is 0 Å². The highest BCUT2D eigenvalue weighted by Gasteiger charge is 2.02. The van der Waals surface area contributed by atoms with Crippen LogP contribution in [-0.2, 0) is 4.74 Å². The van der Waals surface area contributed by atoms with Crippen LogP contribution in [0.25, 0.3) is 0 Å². The number of hydrogen-bond acceptors (Lipinski definition) is 4. The maximum atomic E-state index is 10.5. The van der Waals surface area contributed by atoms with Crippen LogP contribution in [0.1, 0.15) is 17.3 Å². The molecule has 82 valence electrons. The molecule has 0 radical (unpaired) electrons. The Morgan fingerprint density at radius 2 is 2.33 bits per heavy atom. The van der Waals surface area contributed by atoms with Crippen LogP contribution in [0.5, 0.6) is 5.75 Å². The fourth-order valence-electron chi connectivity index (χ4n) is 1.10. The van der Waals surface area contributed by atoms with E-state index < -0.39 is 0 Å². The number of aldehydes is 1. The summed E-state index contributed by atoms with van der Waals surface area (Å²) in [5, 5.41) is 12.5. The molecule has 0 bridgehead atoms. The Balaban J connectivity index is 2.63. The van der Waals surface area contributed by atoms with Gasteiger partial charge in [0, 0.05) is 25.4 Å². The maximum absolute atomic E-state index is 10.5. The zero-order chi connectivity index (χ0) is 11.3. The molecule has 0 spiro atoms. The number of carbonyl (C=O) groups excluding carboxylic acids is 1. The minimum Gasteiger partial charge on any atom is -0.507 e. The summed E-state index contributed by atoms with van der Waals surface area (Å²) in [5.41, 5.74) is 1.06. The van der Waals surface area contributed by atoms with Gasteiger partial charge in [-0.15, -0.1) is 0 Å². The molecule has 4 nitrogen and oxygen atoms in total. The van der Waals surface area contributed by atoms with Gasteiger partial charge >= 0.3 is 0 Å². The second-order valence-corrected chi connectivity index (χ2v) is 3.32. The van der Waals surface area contributed by atoms with E-state index in [1.54, 1.807) is 19.2 Å². The summed E-state index contributed by atoms with van der Waals surface area (Å²) in [6.45, 7) is 2.59. The number of ether oxygens (including phenoxy) is 1. The zero-order valence-corrected chi connectivity index (χ0v) is 8.86. The number of methoxy groups -OCH3 is 1. The molecule has 1 unspecified atom stereocenters. The second kappa shape index (κ2) is 5.36. The Kier molecular flexibility index (Phi) is 4.12. The van der Waals surface area contributed by atoms with Gasteiger partial charge in [0.25, 0.3) is 0 Å². The summed E-state index contributed by atoms with van der Waals surface area (Å²) in [5.74, 6) is -0.0138. The second-order valence-electron chi connectivity index (χ2n) is 3.32. The molecule has 0 saturated heterocycles. The number of rotatable bonds is 5. The van der Waals surface area contributed by atoms with Crippen molar-refractivity contribution in [3.63, 3.8) is 0 Å². The minimum absolute atomic E-state index is 0.0138. The molecule has 1 aromatic rings. The van der Waals surface area contributed by atoms with Crippen molar-refractivity contribution in [2.24, 2.45) is 0 Å². The predicted octanol–water partition coefficient (Wildman–Crippen LogP) is 1.65. The quantitative estimate of drug-likeness (QED) is 0.724. The van der Waals surface area contributed by atoms with Crippen LogP contribution < -0.4 is 5.32 Å². The first kappa shape index (κ1) is 11.5. The summed E-state index contributed by atoms with van der Waals surface area (Å²) in [7, 11) is 1.64. The molecule has 0 fully saturated rings. The first-order chi connectivity index (χ1) is 7.17. The fraction of sp³-hybridized carbons (Fsp3) is 0.364. The number of phenols is 1. The van der Waals surface area contributed by atoms with Gasteiger partial charge in [0.1, 0.15) is 5.75 Å². The van der Waals surface area contributed by atoms with E-state index in [0.29, 0.717) is 18.4 Å². The molecule has 15 heavy (non-hydrogen) atoms. The molecule has 2 N–H and O–H groups in total. The molecular weight excluding hydrogens is 194 g/mol. The molecular formula is C11H15NO3. The van der Waals surface area contributed by atoms with Crippen LogP contribution in [0, 0.1) is 0 Å². The van der Waals surface area contributed by atoms with Gasteiger partial charge in [-0.2, -0.15) is 0 Å². The van der Waals surface area contributed by atoms with Gasteiger partial charge < -0.3 is 15.2 Å². The molecule has 1 atom stereocenters. The van der Waals surface area contributed by atoms with Gasteiger partial charge in [-0.25, -0.2) is 0 Å². The highest BCUT2D eigenvalue weighted by Crippen LogP contribution is 2.20. The third-order valence-corrected chi connectivity index (χ3v) is 2.15. The lowest BCUT2D eigenvalue weighted by molar-refractivity contribution is 0.112. The first-order valence-corrected chi connectivity index (χ1v) is 4.72. The van der Waals surface area contributed by atoms with E-state index in [-0.39, 0.29) is 11.9 Å². The summed E-state index contributed by atoms with van der Waals surface area (Å²) in [6.07, 6.45) is 0.717. The van der Waals surface area contributed by atoms with E-state index in [0.717, 1.165) is 5.69 Å². The van der Waals surface area contributed by atoms with Crippen molar-refractivity contribution in [1.29, 1.82) is 0 Å². The number of benzene rings is 1. The van der Waals surface area contributed by atoms with E-state index in [2.05, 4.69) is 5.32 Å². The normalized spacial score (nSPS) is 12.1. The summed E-state index contributed by atoms with van der Waals surface area (Å²) in [4.78, 5) is 10.5. The van der Waals surface area contributed by atoms with Crippen molar-refractivity contribution in [1.82, 2.24) is 0 Å². The van der Waals surface area contributed by atoms with Crippen molar-refractivity contribution in [2.75, 3.05) is 19.0 Å².